The van der Waals surface area contributed by atoms with Gasteiger partial charge in [-0.3, -0.25) is 9.48 Å². The molecule has 0 saturated heterocycles. The molecule has 2 aliphatic rings. The molecule has 2 aliphatic heterocycles. The first-order valence-corrected chi connectivity index (χ1v) is 12.4. The molecule has 1 unspecified atom stereocenters. The van der Waals surface area contributed by atoms with Gasteiger partial charge in [-0.15, -0.1) is 0 Å². The van der Waals surface area contributed by atoms with Crippen molar-refractivity contribution in [3.05, 3.63) is 117 Å². The van der Waals surface area contributed by atoms with Gasteiger partial charge in [-0.2, -0.15) is 5.10 Å². The Balaban J connectivity index is 1.52. The summed E-state index contributed by atoms with van der Waals surface area (Å²) in [5.41, 5.74) is 15.3. The number of benzene rings is 2. The van der Waals surface area contributed by atoms with E-state index >= 15 is 0 Å². The third kappa shape index (κ3) is 5.17. The summed E-state index contributed by atoms with van der Waals surface area (Å²) in [6.45, 7) is 2.87. The Morgan fingerprint density at radius 2 is 2.10 bits per heavy atom. The molecule has 0 aliphatic carbocycles. The number of nitrogens with two attached hydrogens (primary N) is 1. The summed E-state index contributed by atoms with van der Waals surface area (Å²) in [6.07, 6.45) is 9.15. The summed E-state index contributed by atoms with van der Waals surface area (Å²) < 4.78 is 1.70. The molecular weight excluding hydrogens is 492 g/mol. The fraction of sp³-hybridized carbons (Fsp3) is 0.179. The average molecular weight is 521 g/mol. The number of carbonyl (C=O) groups is 1. The molecule has 39 heavy (non-hydrogen) atoms. The number of amides is 1. The molecule has 1 amide bonds. The number of rotatable bonds is 8. The quantitative estimate of drug-likeness (QED) is 0.0665. The number of hydrogen-bond donors (Lipinski definition) is 4. The Morgan fingerprint density at radius 1 is 1.31 bits per heavy atom. The van der Waals surface area contributed by atoms with Crippen LogP contribution < -0.4 is 21.5 Å². The van der Waals surface area contributed by atoms with E-state index in [-0.39, 0.29) is 12.6 Å². The van der Waals surface area contributed by atoms with Crippen LogP contribution in [0.5, 0.6) is 0 Å². The first kappa shape index (κ1) is 25.5. The van der Waals surface area contributed by atoms with Gasteiger partial charge in [0, 0.05) is 40.7 Å². The highest BCUT2D eigenvalue weighted by Gasteiger charge is 2.30. The molecule has 0 bridgehead atoms. The number of aromatic nitrogens is 2. The second kappa shape index (κ2) is 11.1. The van der Waals surface area contributed by atoms with Crippen LogP contribution in [0.4, 0.5) is 11.4 Å². The standard InChI is InChI=1S/C28H28N10O/c1-18-27(26(16-33-36-30)37(35-18)17-20-10-8-19(14-29)9-11-20)38(31)28(39)23-13-25(21-5-4-12-32-15-21)34-24-7-3-2-6-22(23)24/h2-11,13-15,25,29,32,34H,12,16-17,31H2,1H3. The highest BCUT2D eigenvalue weighted by Crippen LogP contribution is 2.35. The number of hydrogen-bond acceptors (Lipinski definition) is 7. The van der Waals surface area contributed by atoms with Crippen molar-refractivity contribution in [2.24, 2.45) is 11.0 Å². The summed E-state index contributed by atoms with van der Waals surface area (Å²) in [5, 5.41) is 23.6. The summed E-state index contributed by atoms with van der Waals surface area (Å²) in [4.78, 5) is 16.9. The van der Waals surface area contributed by atoms with E-state index in [0.29, 0.717) is 29.2 Å². The van der Waals surface area contributed by atoms with Gasteiger partial charge in [-0.05, 0) is 41.3 Å². The van der Waals surface area contributed by atoms with Gasteiger partial charge in [-0.1, -0.05) is 59.7 Å². The predicted octanol–water partition coefficient (Wildman–Crippen LogP) is 4.18. The lowest BCUT2D eigenvalue weighted by Gasteiger charge is -2.29. The van der Waals surface area contributed by atoms with E-state index in [4.69, 9.17) is 16.8 Å². The number of para-hydroxylation sites is 1. The van der Waals surface area contributed by atoms with Gasteiger partial charge >= 0.3 is 0 Å². The van der Waals surface area contributed by atoms with Crippen LogP contribution in [-0.4, -0.2) is 34.5 Å². The van der Waals surface area contributed by atoms with Gasteiger partial charge in [0.2, 0.25) is 0 Å². The van der Waals surface area contributed by atoms with Gasteiger partial charge in [-0.25, -0.2) is 10.9 Å². The average Bonchev–Trinajstić information content (AvgIpc) is 3.29. The maximum Gasteiger partial charge on any atom is 0.273 e. The van der Waals surface area contributed by atoms with E-state index < -0.39 is 5.91 Å². The molecule has 0 saturated carbocycles. The minimum atomic E-state index is -0.400. The highest BCUT2D eigenvalue weighted by atomic mass is 16.2. The van der Waals surface area contributed by atoms with Crippen LogP contribution in [0, 0.1) is 12.3 Å². The Morgan fingerprint density at radius 3 is 2.82 bits per heavy atom. The molecule has 0 radical (unpaired) electrons. The van der Waals surface area contributed by atoms with Gasteiger partial charge in [0.15, 0.2) is 0 Å². The lowest BCUT2D eigenvalue weighted by molar-refractivity contribution is -0.113. The lowest BCUT2D eigenvalue weighted by Crippen LogP contribution is -2.40. The Labute approximate surface area is 225 Å². The molecular formula is C28H28N10O. The van der Waals surface area contributed by atoms with Crippen LogP contribution in [-0.2, 0) is 17.9 Å². The van der Waals surface area contributed by atoms with Crippen LogP contribution in [0.1, 0.15) is 28.1 Å². The number of fused-ring (bicyclic) bond motifs is 1. The maximum atomic E-state index is 14.0. The molecule has 0 fully saturated rings. The van der Waals surface area contributed by atoms with Gasteiger partial charge < -0.3 is 16.0 Å². The fourth-order valence-corrected chi connectivity index (χ4v) is 4.80. The molecule has 5 rings (SSSR count). The lowest BCUT2D eigenvalue weighted by atomic mass is 9.92. The summed E-state index contributed by atoms with van der Waals surface area (Å²) >= 11 is 0. The zero-order valence-corrected chi connectivity index (χ0v) is 21.4. The third-order valence-corrected chi connectivity index (χ3v) is 6.69. The topological polar surface area (TPSA) is 161 Å². The molecule has 3 aromatic rings. The number of dihydropyridines is 1. The minimum absolute atomic E-state index is 0.0323. The SMILES string of the molecule is Cc1nn(Cc2ccc(C=N)cc2)c(CN=[N+]=[N-])c1N(N)C(=O)C1=CC(C2=CNCC=C2)Nc2ccccc21. The van der Waals surface area contributed by atoms with Crippen LogP contribution in [0.15, 0.2) is 83.6 Å². The number of aryl methyl sites for hydroxylation is 1. The monoisotopic (exact) mass is 520 g/mol. The number of hydrazine groups is 1. The van der Waals surface area contributed by atoms with Crippen LogP contribution >= 0.6 is 0 Å². The second-order valence-corrected chi connectivity index (χ2v) is 9.19. The molecule has 5 N–H and O–H groups in total. The van der Waals surface area contributed by atoms with Crippen molar-refractivity contribution in [3.63, 3.8) is 0 Å². The van der Waals surface area contributed by atoms with Gasteiger partial charge in [0.25, 0.3) is 5.91 Å². The maximum absolute atomic E-state index is 14.0. The van der Waals surface area contributed by atoms with Crippen molar-refractivity contribution in [1.82, 2.24) is 15.1 Å². The Bertz CT molecular complexity index is 1560. The van der Waals surface area contributed by atoms with E-state index in [9.17, 15) is 4.79 Å². The number of azide groups is 1. The number of nitrogens with zero attached hydrogens (tertiary/aromatic N) is 6. The summed E-state index contributed by atoms with van der Waals surface area (Å²) in [6, 6.07) is 14.9. The van der Waals surface area contributed by atoms with Gasteiger partial charge in [0.05, 0.1) is 30.5 Å². The van der Waals surface area contributed by atoms with Crippen LogP contribution in [0.25, 0.3) is 16.0 Å². The summed E-state index contributed by atoms with van der Waals surface area (Å²) in [7, 11) is 0. The first-order chi connectivity index (χ1) is 19.0. The molecule has 1 atom stereocenters. The predicted molar refractivity (Wildman–Crippen MR) is 152 cm³/mol. The molecule has 11 heteroatoms. The van der Waals surface area contributed by atoms with Crippen molar-refractivity contribution in [2.45, 2.75) is 26.1 Å². The second-order valence-electron chi connectivity index (χ2n) is 9.19. The van der Waals surface area contributed by atoms with Crippen molar-refractivity contribution >= 4 is 29.1 Å². The molecule has 196 valence electrons. The van der Waals surface area contributed by atoms with E-state index in [1.807, 2.05) is 73.0 Å². The normalized spacial score (nSPS) is 15.6. The molecule has 2 aromatic carbocycles. The van der Waals surface area contributed by atoms with Crippen molar-refractivity contribution < 1.29 is 4.79 Å². The zero-order chi connectivity index (χ0) is 27.4. The third-order valence-electron chi connectivity index (χ3n) is 6.69. The molecule has 1 aromatic heterocycles. The van der Waals surface area contributed by atoms with E-state index in [0.717, 1.165) is 39.5 Å². The Kier molecular flexibility index (Phi) is 7.26. The fourth-order valence-electron chi connectivity index (χ4n) is 4.80. The van der Waals surface area contributed by atoms with E-state index in [1.54, 1.807) is 11.6 Å². The first-order valence-electron chi connectivity index (χ1n) is 12.4. The van der Waals surface area contributed by atoms with Crippen molar-refractivity contribution in [3.8, 4) is 0 Å². The largest absolute Gasteiger partial charge is 0.387 e. The van der Waals surface area contributed by atoms with E-state index in [2.05, 4.69) is 25.8 Å². The zero-order valence-electron chi connectivity index (χ0n) is 21.4. The molecule has 11 nitrogen and oxygen atoms in total. The van der Waals surface area contributed by atoms with Crippen LogP contribution in [0.2, 0.25) is 0 Å². The molecule has 0 spiro atoms. The minimum Gasteiger partial charge on any atom is -0.387 e. The number of carbonyl (C=O) groups excluding carboxylic acids is 1. The summed E-state index contributed by atoms with van der Waals surface area (Å²) in [5.74, 6) is 6.14. The van der Waals surface area contributed by atoms with Gasteiger partial charge in [0.1, 0.15) is 5.69 Å². The highest BCUT2D eigenvalue weighted by molar-refractivity contribution is 6.27. The number of nitrogens with one attached hydrogen (secondary N) is 3. The molecule has 3 heterocycles. The van der Waals surface area contributed by atoms with E-state index in [1.165, 1.54) is 6.21 Å². The van der Waals surface area contributed by atoms with Crippen LogP contribution in [0.3, 0.4) is 0 Å². The Hall–Kier alpha value is -5.12. The smallest absolute Gasteiger partial charge is 0.273 e. The van der Waals surface area contributed by atoms with Crippen molar-refractivity contribution in [2.75, 3.05) is 16.9 Å². The number of anilines is 2. The van der Waals surface area contributed by atoms with Crippen molar-refractivity contribution in [1.29, 1.82) is 5.41 Å².